The average molecular weight is 415 g/mol. The van der Waals surface area contributed by atoms with Gasteiger partial charge in [0.05, 0.1) is 39.7 Å². The number of ether oxygens (including phenoxy) is 4. The van der Waals surface area contributed by atoms with E-state index in [0.29, 0.717) is 55.2 Å². The molecule has 1 atom stereocenters. The Morgan fingerprint density at radius 3 is 2.28 bits per heavy atom. The maximum atomic E-state index is 12.7. The molecule has 1 aliphatic heterocycles. The van der Waals surface area contributed by atoms with Crippen molar-refractivity contribution < 1.29 is 23.7 Å². The summed E-state index contributed by atoms with van der Waals surface area (Å²) >= 11 is 1.24. The first-order chi connectivity index (χ1) is 13.9. The number of rotatable bonds is 5. The number of carbonyl (C=O) groups excluding carboxylic acids is 1. The molecule has 0 bridgehead atoms. The number of methoxy groups -OCH3 is 4. The number of esters is 1. The summed E-state index contributed by atoms with van der Waals surface area (Å²) in [5, 5.41) is 13.3. The topological polar surface area (TPSA) is 116 Å². The van der Waals surface area contributed by atoms with Gasteiger partial charge in [0.25, 0.3) is 0 Å². The molecule has 0 radical (unpaired) electrons. The Bertz CT molecular complexity index is 1030. The van der Waals surface area contributed by atoms with Gasteiger partial charge in [0.2, 0.25) is 5.75 Å². The van der Waals surface area contributed by atoms with Crippen molar-refractivity contribution in [3.05, 3.63) is 39.4 Å². The van der Waals surface area contributed by atoms with Crippen molar-refractivity contribution >= 4 is 28.0 Å². The Hall–Kier alpha value is -3.38. The van der Waals surface area contributed by atoms with E-state index in [1.165, 1.54) is 39.8 Å². The summed E-state index contributed by atoms with van der Waals surface area (Å²) < 4.78 is 21.4. The number of hydrogen-bond donors (Lipinski definition) is 2. The molecule has 1 aromatic heterocycles. The maximum absolute atomic E-state index is 12.7. The fourth-order valence-corrected chi connectivity index (χ4v) is 4.51. The summed E-state index contributed by atoms with van der Waals surface area (Å²) in [6.07, 6.45) is 0. The highest BCUT2D eigenvalue weighted by atomic mass is 32.1. The third kappa shape index (κ3) is 3.21. The van der Waals surface area contributed by atoms with Crippen molar-refractivity contribution in [1.29, 1.82) is 5.26 Å². The normalized spacial score (nSPS) is 15.1. The second kappa shape index (κ2) is 7.93. The minimum absolute atomic E-state index is 0.327. The maximum Gasteiger partial charge on any atom is 0.336 e. The predicted octanol–water partition coefficient (Wildman–Crippen LogP) is 3.23. The Balaban J connectivity index is 2.34. The van der Waals surface area contributed by atoms with Crippen LogP contribution >= 0.6 is 11.3 Å². The summed E-state index contributed by atoms with van der Waals surface area (Å²) in [5.41, 5.74) is 8.97. The lowest BCUT2D eigenvalue weighted by atomic mass is 9.81. The van der Waals surface area contributed by atoms with Crippen LogP contribution in [-0.2, 0) is 9.53 Å². The van der Waals surface area contributed by atoms with Gasteiger partial charge >= 0.3 is 5.97 Å². The number of nitriles is 1. The van der Waals surface area contributed by atoms with Crippen LogP contribution < -0.4 is 25.3 Å². The van der Waals surface area contributed by atoms with Crippen LogP contribution in [0.4, 0.5) is 10.7 Å². The molecule has 0 spiro atoms. The molecule has 9 heteroatoms. The highest BCUT2D eigenvalue weighted by molar-refractivity contribution is 7.17. The molecule has 2 heterocycles. The number of thiophene rings is 1. The lowest BCUT2D eigenvalue weighted by molar-refractivity contribution is -0.136. The van der Waals surface area contributed by atoms with Crippen LogP contribution in [0.3, 0.4) is 0 Å². The zero-order chi connectivity index (χ0) is 21.3. The minimum atomic E-state index is -0.578. The zero-order valence-electron chi connectivity index (χ0n) is 16.7. The SMILES string of the molecule is COC(=O)C1=C(C)Nc2sc(C#N)c(N)c2C1c1cc(OC)c(OC)c(OC)c1. The van der Waals surface area contributed by atoms with Crippen molar-refractivity contribution in [2.24, 2.45) is 0 Å². The van der Waals surface area contributed by atoms with E-state index in [-0.39, 0.29) is 0 Å². The van der Waals surface area contributed by atoms with E-state index in [4.69, 9.17) is 24.7 Å². The standard InChI is InChI=1S/C20H21N3O5S/c1-9-14(20(24)28-5)15(16-17(22)13(8-21)29-19(16)23-9)10-6-11(25-2)18(27-4)12(7-10)26-3/h6-7,15,23H,22H2,1-5H3. The second-order valence-electron chi connectivity index (χ2n) is 6.25. The van der Waals surface area contributed by atoms with E-state index in [1.54, 1.807) is 19.1 Å². The van der Waals surface area contributed by atoms with Gasteiger partial charge in [-0.15, -0.1) is 11.3 Å². The molecule has 0 amide bonds. The first-order valence-electron chi connectivity index (χ1n) is 8.59. The van der Waals surface area contributed by atoms with E-state index in [1.807, 2.05) is 0 Å². The van der Waals surface area contributed by atoms with Gasteiger partial charge in [-0.3, -0.25) is 0 Å². The van der Waals surface area contributed by atoms with Crippen molar-refractivity contribution in [2.45, 2.75) is 12.8 Å². The van der Waals surface area contributed by atoms with Crippen LogP contribution in [0.2, 0.25) is 0 Å². The monoisotopic (exact) mass is 415 g/mol. The molecule has 3 N–H and O–H groups in total. The van der Waals surface area contributed by atoms with E-state index in [2.05, 4.69) is 11.4 Å². The molecule has 8 nitrogen and oxygen atoms in total. The number of allylic oxidation sites excluding steroid dienone is 1. The lowest BCUT2D eigenvalue weighted by Gasteiger charge is -2.29. The summed E-state index contributed by atoms with van der Waals surface area (Å²) in [6, 6.07) is 5.64. The first kappa shape index (κ1) is 20.4. The molecule has 152 valence electrons. The summed E-state index contributed by atoms with van der Waals surface area (Å²) in [6.45, 7) is 1.78. The molecule has 1 aliphatic rings. The van der Waals surface area contributed by atoms with Crippen molar-refractivity contribution in [3.63, 3.8) is 0 Å². The first-order valence-corrected chi connectivity index (χ1v) is 9.41. The van der Waals surface area contributed by atoms with Gasteiger partial charge in [0, 0.05) is 17.2 Å². The molecule has 1 unspecified atom stereocenters. The van der Waals surface area contributed by atoms with Gasteiger partial charge in [-0.25, -0.2) is 4.79 Å². The van der Waals surface area contributed by atoms with E-state index < -0.39 is 11.9 Å². The lowest BCUT2D eigenvalue weighted by Crippen LogP contribution is -2.23. The van der Waals surface area contributed by atoms with E-state index in [0.717, 1.165) is 0 Å². The van der Waals surface area contributed by atoms with Crippen molar-refractivity contribution in [2.75, 3.05) is 39.5 Å². The number of carbonyl (C=O) groups is 1. The number of fused-ring (bicyclic) bond motifs is 1. The van der Waals surface area contributed by atoms with Gasteiger partial charge in [0.1, 0.15) is 15.9 Å². The molecule has 3 rings (SSSR count). The predicted molar refractivity (Wildman–Crippen MR) is 110 cm³/mol. The quantitative estimate of drug-likeness (QED) is 0.715. The number of nitrogens with one attached hydrogen (secondary N) is 1. The summed E-state index contributed by atoms with van der Waals surface area (Å²) in [5.74, 6) is 0.245. The fourth-order valence-electron chi connectivity index (χ4n) is 3.50. The number of nitrogens with two attached hydrogens (primary N) is 1. The van der Waals surface area contributed by atoms with Crippen LogP contribution in [0.15, 0.2) is 23.4 Å². The molecular formula is C20H21N3O5S. The van der Waals surface area contributed by atoms with Gasteiger partial charge in [-0.05, 0) is 24.6 Å². The Labute approximate surface area is 172 Å². The molecular weight excluding hydrogens is 394 g/mol. The number of hydrogen-bond acceptors (Lipinski definition) is 9. The minimum Gasteiger partial charge on any atom is -0.493 e. The average Bonchev–Trinajstić information content (AvgIpc) is 3.05. The third-order valence-corrected chi connectivity index (χ3v) is 5.83. The van der Waals surface area contributed by atoms with Crippen molar-refractivity contribution in [1.82, 2.24) is 0 Å². The summed E-state index contributed by atoms with van der Waals surface area (Å²) in [4.78, 5) is 13.1. The number of nitrogens with zero attached hydrogens (tertiary/aromatic N) is 1. The van der Waals surface area contributed by atoms with Gasteiger partial charge in [0.15, 0.2) is 11.5 Å². The highest BCUT2D eigenvalue weighted by Gasteiger charge is 2.37. The number of benzene rings is 1. The molecule has 2 aromatic rings. The number of nitrogen functional groups attached to an aromatic ring is 1. The van der Waals surface area contributed by atoms with Crippen LogP contribution in [0.25, 0.3) is 0 Å². The summed E-state index contributed by atoms with van der Waals surface area (Å²) in [7, 11) is 5.87. The van der Waals surface area contributed by atoms with Crippen LogP contribution in [0, 0.1) is 11.3 Å². The highest BCUT2D eigenvalue weighted by Crippen LogP contribution is 2.52. The number of anilines is 2. The van der Waals surface area contributed by atoms with Gasteiger partial charge in [-0.1, -0.05) is 0 Å². The largest absolute Gasteiger partial charge is 0.493 e. The third-order valence-electron chi connectivity index (χ3n) is 4.79. The molecule has 0 saturated carbocycles. The Morgan fingerprint density at radius 1 is 1.17 bits per heavy atom. The van der Waals surface area contributed by atoms with Gasteiger partial charge < -0.3 is 30.0 Å². The van der Waals surface area contributed by atoms with E-state index >= 15 is 0 Å². The van der Waals surface area contributed by atoms with Crippen LogP contribution in [-0.4, -0.2) is 34.4 Å². The smallest absolute Gasteiger partial charge is 0.336 e. The second-order valence-corrected chi connectivity index (χ2v) is 7.27. The molecule has 29 heavy (non-hydrogen) atoms. The van der Waals surface area contributed by atoms with Crippen LogP contribution in [0.1, 0.15) is 28.8 Å². The molecule has 0 aliphatic carbocycles. The van der Waals surface area contributed by atoms with E-state index in [9.17, 15) is 10.1 Å². The molecule has 0 saturated heterocycles. The molecule has 1 aromatic carbocycles. The van der Waals surface area contributed by atoms with Crippen molar-refractivity contribution in [3.8, 4) is 23.3 Å². The molecule has 0 fully saturated rings. The van der Waals surface area contributed by atoms with Crippen LogP contribution in [0.5, 0.6) is 17.2 Å². The zero-order valence-corrected chi connectivity index (χ0v) is 17.5. The Kier molecular flexibility index (Phi) is 5.57. The van der Waals surface area contributed by atoms with Gasteiger partial charge in [-0.2, -0.15) is 5.26 Å². The Morgan fingerprint density at radius 2 is 1.79 bits per heavy atom. The fraction of sp³-hybridized carbons (Fsp3) is 0.300.